The van der Waals surface area contributed by atoms with E-state index in [1.165, 1.54) is 18.2 Å². The highest BCUT2D eigenvalue weighted by atomic mass is 28.4. The van der Waals surface area contributed by atoms with Gasteiger partial charge in [-0.3, -0.25) is 0 Å². The molecule has 1 unspecified atom stereocenters. The number of halogens is 1. The summed E-state index contributed by atoms with van der Waals surface area (Å²) in [5.41, 5.74) is 2.16. The predicted octanol–water partition coefficient (Wildman–Crippen LogP) is 5.30. The highest BCUT2D eigenvalue weighted by molar-refractivity contribution is 6.74. The number of nitrogens with zero attached hydrogens (tertiary/aromatic N) is 1. The Balaban J connectivity index is 2.11. The van der Waals surface area contributed by atoms with E-state index in [0.717, 1.165) is 5.56 Å². The van der Waals surface area contributed by atoms with Crippen LogP contribution in [0.2, 0.25) is 18.1 Å². The number of nitriles is 1. The highest BCUT2D eigenvalue weighted by Crippen LogP contribution is 2.37. The van der Waals surface area contributed by atoms with Crippen molar-refractivity contribution in [3.05, 3.63) is 70.5 Å². The van der Waals surface area contributed by atoms with Gasteiger partial charge in [0, 0.05) is 0 Å². The van der Waals surface area contributed by atoms with E-state index in [0.29, 0.717) is 17.7 Å². The first kappa shape index (κ1) is 20.3. The first-order valence-corrected chi connectivity index (χ1v) is 11.6. The fourth-order valence-electron chi connectivity index (χ4n) is 2.27. The topological polar surface area (TPSA) is 53.2 Å². The van der Waals surface area contributed by atoms with Gasteiger partial charge in [0.1, 0.15) is 18.0 Å². The number of benzene rings is 2. The number of hydrogen-bond acceptors (Lipinski definition) is 3. The van der Waals surface area contributed by atoms with E-state index >= 15 is 0 Å². The number of aliphatic hydroxyl groups excluding tert-OH is 1. The maximum absolute atomic E-state index is 13.4. The van der Waals surface area contributed by atoms with Crippen molar-refractivity contribution in [2.75, 3.05) is 0 Å². The van der Waals surface area contributed by atoms with Crippen molar-refractivity contribution in [1.82, 2.24) is 0 Å². The molecule has 26 heavy (non-hydrogen) atoms. The van der Waals surface area contributed by atoms with Crippen LogP contribution in [0.25, 0.3) is 0 Å². The SMILES string of the molecule is CC(C)(C)[Si](C)(C)OCc1ccc(C(O)c2ccc(F)c(C#N)c2)cc1. The van der Waals surface area contributed by atoms with E-state index in [1.54, 1.807) is 6.07 Å². The summed E-state index contributed by atoms with van der Waals surface area (Å²) in [5, 5.41) is 19.6. The highest BCUT2D eigenvalue weighted by Gasteiger charge is 2.36. The van der Waals surface area contributed by atoms with Gasteiger partial charge in [0.05, 0.1) is 12.2 Å². The lowest BCUT2D eigenvalue weighted by atomic mass is 9.99. The van der Waals surface area contributed by atoms with Gasteiger partial charge in [0.2, 0.25) is 0 Å². The van der Waals surface area contributed by atoms with Crippen molar-refractivity contribution < 1.29 is 13.9 Å². The Kier molecular flexibility index (Phi) is 6.02. The number of rotatable bonds is 5. The van der Waals surface area contributed by atoms with Crippen LogP contribution < -0.4 is 0 Å². The van der Waals surface area contributed by atoms with Crippen molar-refractivity contribution in [3.8, 4) is 6.07 Å². The minimum Gasteiger partial charge on any atom is -0.413 e. The van der Waals surface area contributed by atoms with Crippen LogP contribution in [0.1, 0.15) is 49.1 Å². The average Bonchev–Trinajstić information content (AvgIpc) is 2.59. The van der Waals surface area contributed by atoms with Gasteiger partial charge in [-0.1, -0.05) is 51.1 Å². The number of hydrogen-bond donors (Lipinski definition) is 1. The molecule has 2 aromatic rings. The van der Waals surface area contributed by atoms with Gasteiger partial charge in [0.25, 0.3) is 0 Å². The molecule has 0 aliphatic rings. The minimum absolute atomic E-state index is 0.0686. The normalized spacial score (nSPS) is 13.3. The summed E-state index contributed by atoms with van der Waals surface area (Å²) in [5.74, 6) is -0.582. The van der Waals surface area contributed by atoms with Gasteiger partial charge in [-0.05, 0) is 47.0 Å². The largest absolute Gasteiger partial charge is 0.413 e. The Hall–Kier alpha value is -2.00. The summed E-state index contributed by atoms with van der Waals surface area (Å²) in [6.45, 7) is 11.6. The van der Waals surface area contributed by atoms with Crippen molar-refractivity contribution in [1.29, 1.82) is 5.26 Å². The fraction of sp³-hybridized carbons (Fsp3) is 0.381. The van der Waals surface area contributed by atoms with Crippen LogP contribution in [-0.4, -0.2) is 13.4 Å². The third kappa shape index (κ3) is 4.58. The molecule has 2 aromatic carbocycles. The molecule has 138 valence electrons. The Labute approximate surface area is 156 Å². The lowest BCUT2D eigenvalue weighted by Gasteiger charge is -2.36. The van der Waals surface area contributed by atoms with Crippen LogP contribution in [-0.2, 0) is 11.0 Å². The molecular formula is C21H26FNO2Si. The minimum atomic E-state index is -1.81. The lowest BCUT2D eigenvalue weighted by molar-refractivity contribution is 0.220. The van der Waals surface area contributed by atoms with Crippen LogP contribution in [0.3, 0.4) is 0 Å². The summed E-state index contributed by atoms with van der Waals surface area (Å²) >= 11 is 0. The maximum atomic E-state index is 13.4. The number of aliphatic hydroxyl groups is 1. The van der Waals surface area contributed by atoms with Gasteiger partial charge >= 0.3 is 0 Å². The van der Waals surface area contributed by atoms with Gasteiger partial charge in [-0.2, -0.15) is 5.26 Å². The molecule has 0 saturated carbocycles. The first-order valence-electron chi connectivity index (χ1n) is 8.65. The van der Waals surface area contributed by atoms with Crippen LogP contribution in [0, 0.1) is 17.1 Å². The Morgan fingerprint density at radius 1 is 1.12 bits per heavy atom. The second-order valence-electron chi connectivity index (χ2n) is 8.04. The van der Waals surface area contributed by atoms with Crippen molar-refractivity contribution in [3.63, 3.8) is 0 Å². The first-order chi connectivity index (χ1) is 12.0. The Morgan fingerprint density at radius 2 is 1.69 bits per heavy atom. The average molecular weight is 372 g/mol. The molecule has 0 bridgehead atoms. The van der Waals surface area contributed by atoms with Crippen molar-refractivity contribution in [2.24, 2.45) is 0 Å². The molecule has 0 aromatic heterocycles. The van der Waals surface area contributed by atoms with Gasteiger partial charge in [-0.15, -0.1) is 0 Å². The molecule has 3 nitrogen and oxygen atoms in total. The van der Waals surface area contributed by atoms with E-state index in [1.807, 2.05) is 24.3 Å². The summed E-state index contributed by atoms with van der Waals surface area (Å²) in [6.07, 6.45) is -0.905. The molecule has 0 fully saturated rings. The molecule has 0 spiro atoms. The van der Waals surface area contributed by atoms with Gasteiger partial charge in [-0.25, -0.2) is 4.39 Å². The van der Waals surface area contributed by atoms with Crippen LogP contribution >= 0.6 is 0 Å². The van der Waals surface area contributed by atoms with E-state index in [-0.39, 0.29) is 10.6 Å². The quantitative estimate of drug-likeness (QED) is 0.726. The monoisotopic (exact) mass is 371 g/mol. The second-order valence-corrected chi connectivity index (χ2v) is 12.9. The Morgan fingerprint density at radius 3 is 2.23 bits per heavy atom. The van der Waals surface area contributed by atoms with E-state index < -0.39 is 20.2 Å². The summed E-state index contributed by atoms with van der Waals surface area (Å²) in [4.78, 5) is 0. The van der Waals surface area contributed by atoms with Crippen LogP contribution in [0.4, 0.5) is 4.39 Å². The Bertz CT molecular complexity index is 804. The molecule has 0 saturated heterocycles. The van der Waals surface area contributed by atoms with E-state index in [4.69, 9.17) is 9.69 Å². The molecule has 1 atom stereocenters. The second kappa shape index (κ2) is 7.71. The smallest absolute Gasteiger partial charge is 0.192 e. The van der Waals surface area contributed by atoms with Crippen molar-refractivity contribution >= 4 is 8.32 Å². The van der Waals surface area contributed by atoms with E-state index in [2.05, 4.69) is 33.9 Å². The summed E-state index contributed by atoms with van der Waals surface area (Å²) in [6, 6.07) is 13.4. The third-order valence-corrected chi connectivity index (χ3v) is 9.61. The summed E-state index contributed by atoms with van der Waals surface area (Å²) < 4.78 is 19.6. The molecule has 0 aliphatic heterocycles. The van der Waals surface area contributed by atoms with E-state index in [9.17, 15) is 9.50 Å². The fourth-order valence-corrected chi connectivity index (χ4v) is 3.23. The zero-order valence-electron chi connectivity index (χ0n) is 16.0. The molecule has 0 amide bonds. The zero-order chi connectivity index (χ0) is 19.5. The third-order valence-electron chi connectivity index (χ3n) is 5.13. The maximum Gasteiger partial charge on any atom is 0.192 e. The molecule has 1 N–H and O–H groups in total. The van der Waals surface area contributed by atoms with Crippen molar-refractivity contribution in [2.45, 2.75) is 51.6 Å². The molecular weight excluding hydrogens is 345 g/mol. The van der Waals surface area contributed by atoms with Gasteiger partial charge < -0.3 is 9.53 Å². The molecule has 0 aliphatic carbocycles. The van der Waals surface area contributed by atoms with Gasteiger partial charge in [0.15, 0.2) is 8.32 Å². The standard InChI is InChI=1S/C21H26FNO2Si/c1-21(2,3)26(4,5)25-14-15-6-8-16(9-7-15)20(24)17-10-11-19(22)18(12-17)13-23/h6-12,20,24H,14H2,1-5H3. The lowest BCUT2D eigenvalue weighted by Crippen LogP contribution is -2.40. The zero-order valence-corrected chi connectivity index (χ0v) is 17.0. The van der Waals surface area contributed by atoms with Crippen LogP contribution in [0.15, 0.2) is 42.5 Å². The molecule has 0 heterocycles. The molecule has 5 heteroatoms. The predicted molar refractivity (Wildman–Crippen MR) is 104 cm³/mol. The summed E-state index contributed by atoms with van der Waals surface area (Å²) in [7, 11) is -1.81. The molecule has 2 rings (SSSR count). The van der Waals surface area contributed by atoms with Crippen LogP contribution in [0.5, 0.6) is 0 Å². The molecule has 0 radical (unpaired) electrons.